The summed E-state index contributed by atoms with van der Waals surface area (Å²) < 4.78 is 6.40. The molecule has 6 rings (SSSR count). The molecule has 0 aromatic heterocycles. The minimum Gasteiger partial charge on any atom is -0.451 e. The normalized spacial score (nSPS) is 15.5. The number of para-hydroxylation sites is 1. The lowest BCUT2D eigenvalue weighted by Gasteiger charge is -2.45. The van der Waals surface area contributed by atoms with Crippen LogP contribution in [-0.4, -0.2) is 0 Å². The smallest absolute Gasteiger partial charge is 0.170 e. The number of anilines is 3. The molecule has 0 unspecified atom stereocenters. The minimum absolute atomic E-state index is 0.146. The van der Waals surface area contributed by atoms with Gasteiger partial charge in [-0.15, -0.1) is 0 Å². The Labute approximate surface area is 168 Å². The first-order chi connectivity index (χ1) is 13.6. The van der Waals surface area contributed by atoms with Gasteiger partial charge in [0.05, 0.1) is 22.1 Å². The molecule has 2 nitrogen and oxygen atoms in total. The molecule has 0 amide bonds. The first-order valence-corrected chi connectivity index (χ1v) is 9.87. The van der Waals surface area contributed by atoms with Crippen molar-refractivity contribution in [3.8, 4) is 11.5 Å². The fraction of sp³-hybridized carbons (Fsp3) is 0.120. The molecule has 136 valence electrons. The highest BCUT2D eigenvalue weighted by atomic mass is 35.5. The highest BCUT2D eigenvalue weighted by molar-refractivity contribution is 6.33. The van der Waals surface area contributed by atoms with Crippen molar-refractivity contribution in [2.45, 2.75) is 19.3 Å². The number of halogens is 1. The molecule has 4 aromatic carbocycles. The summed E-state index contributed by atoms with van der Waals surface area (Å²) in [6.07, 6.45) is 0. The van der Waals surface area contributed by atoms with Gasteiger partial charge in [-0.05, 0) is 34.7 Å². The lowest BCUT2D eigenvalue weighted by atomic mass is 9.73. The predicted octanol–water partition coefficient (Wildman–Crippen LogP) is 7.71. The van der Waals surface area contributed by atoms with Crippen LogP contribution in [0, 0.1) is 0 Å². The number of ether oxygens (including phenoxy) is 1. The van der Waals surface area contributed by atoms with E-state index in [2.05, 4.69) is 79.4 Å². The second-order valence-electron chi connectivity index (χ2n) is 7.99. The molecular weight excluding hydrogens is 366 g/mol. The van der Waals surface area contributed by atoms with Crippen molar-refractivity contribution < 1.29 is 4.74 Å². The Balaban J connectivity index is 1.80. The summed E-state index contributed by atoms with van der Waals surface area (Å²) in [5.74, 6) is 1.57. The average Bonchev–Trinajstić information content (AvgIpc) is 2.72. The van der Waals surface area contributed by atoms with Gasteiger partial charge in [-0.2, -0.15) is 0 Å². The molecule has 2 aliphatic heterocycles. The van der Waals surface area contributed by atoms with Crippen molar-refractivity contribution in [3.63, 3.8) is 0 Å². The van der Waals surface area contributed by atoms with E-state index in [1.807, 2.05) is 12.1 Å². The highest BCUT2D eigenvalue weighted by Gasteiger charge is 2.42. The van der Waals surface area contributed by atoms with Gasteiger partial charge in [0.25, 0.3) is 0 Å². The molecule has 0 bridgehead atoms. The standard InChI is InChI=1S/C25H18ClNO/c1-25(2)17-9-5-6-10-20(17)27-22-16-8-4-3-7-15(16)11-14-21(22)28-24-19(26)13-12-18(25)23(24)27/h3-14H,1-2H3. The van der Waals surface area contributed by atoms with E-state index in [1.54, 1.807) is 0 Å². The second-order valence-corrected chi connectivity index (χ2v) is 8.39. The van der Waals surface area contributed by atoms with E-state index in [0.717, 1.165) is 22.9 Å². The summed E-state index contributed by atoms with van der Waals surface area (Å²) in [6, 6.07) is 25.4. The molecule has 0 radical (unpaired) electrons. The number of rotatable bonds is 0. The molecule has 28 heavy (non-hydrogen) atoms. The third kappa shape index (κ3) is 1.88. The maximum Gasteiger partial charge on any atom is 0.170 e. The van der Waals surface area contributed by atoms with Gasteiger partial charge < -0.3 is 9.64 Å². The minimum atomic E-state index is -0.146. The van der Waals surface area contributed by atoms with Gasteiger partial charge in [-0.3, -0.25) is 0 Å². The summed E-state index contributed by atoms with van der Waals surface area (Å²) in [5, 5.41) is 3.00. The van der Waals surface area contributed by atoms with Crippen LogP contribution in [0.4, 0.5) is 17.1 Å². The van der Waals surface area contributed by atoms with Crippen molar-refractivity contribution in [2.75, 3.05) is 4.90 Å². The van der Waals surface area contributed by atoms with Crippen LogP contribution in [0.5, 0.6) is 11.5 Å². The Morgan fingerprint density at radius 2 is 1.57 bits per heavy atom. The van der Waals surface area contributed by atoms with Gasteiger partial charge in [-0.1, -0.05) is 80.0 Å². The highest BCUT2D eigenvalue weighted by Crippen LogP contribution is 2.62. The predicted molar refractivity (Wildman–Crippen MR) is 116 cm³/mol. The van der Waals surface area contributed by atoms with E-state index >= 15 is 0 Å². The molecule has 0 saturated heterocycles. The number of hydrogen-bond acceptors (Lipinski definition) is 2. The summed E-state index contributed by atoms with van der Waals surface area (Å²) >= 11 is 6.61. The van der Waals surface area contributed by atoms with Gasteiger partial charge in [-0.25, -0.2) is 0 Å². The van der Waals surface area contributed by atoms with Gasteiger partial charge in [0.1, 0.15) is 0 Å². The molecule has 0 aliphatic carbocycles. The first kappa shape index (κ1) is 16.0. The zero-order valence-electron chi connectivity index (χ0n) is 15.7. The van der Waals surface area contributed by atoms with Gasteiger partial charge in [0.2, 0.25) is 0 Å². The molecule has 0 spiro atoms. The molecule has 0 fully saturated rings. The molecule has 4 aromatic rings. The maximum atomic E-state index is 6.61. The summed E-state index contributed by atoms with van der Waals surface area (Å²) in [6.45, 7) is 4.54. The topological polar surface area (TPSA) is 12.5 Å². The van der Waals surface area contributed by atoms with Crippen LogP contribution in [0.15, 0.2) is 72.8 Å². The van der Waals surface area contributed by atoms with Crippen molar-refractivity contribution in [1.82, 2.24) is 0 Å². The summed E-state index contributed by atoms with van der Waals surface area (Å²) in [5.41, 5.74) is 5.70. The molecule has 2 heterocycles. The Kier molecular flexibility index (Phi) is 3.03. The van der Waals surface area contributed by atoms with E-state index in [1.165, 1.54) is 27.6 Å². The van der Waals surface area contributed by atoms with Crippen LogP contribution in [-0.2, 0) is 5.41 Å². The van der Waals surface area contributed by atoms with E-state index in [-0.39, 0.29) is 5.41 Å². The molecular formula is C25H18ClNO. The van der Waals surface area contributed by atoms with Crippen LogP contribution in [0.2, 0.25) is 5.02 Å². The van der Waals surface area contributed by atoms with E-state index in [4.69, 9.17) is 16.3 Å². The van der Waals surface area contributed by atoms with Crippen LogP contribution in [0.1, 0.15) is 25.0 Å². The number of fused-ring (bicyclic) bond motifs is 6. The first-order valence-electron chi connectivity index (χ1n) is 9.49. The lowest BCUT2D eigenvalue weighted by molar-refractivity contribution is 0.472. The fourth-order valence-electron chi connectivity index (χ4n) is 4.72. The van der Waals surface area contributed by atoms with Crippen molar-refractivity contribution in [3.05, 3.63) is 88.9 Å². The summed E-state index contributed by atoms with van der Waals surface area (Å²) in [4.78, 5) is 2.35. The van der Waals surface area contributed by atoms with Crippen LogP contribution in [0.25, 0.3) is 10.8 Å². The Morgan fingerprint density at radius 1 is 0.786 bits per heavy atom. The van der Waals surface area contributed by atoms with E-state index in [9.17, 15) is 0 Å². The van der Waals surface area contributed by atoms with Gasteiger partial charge in [0, 0.05) is 10.8 Å². The van der Waals surface area contributed by atoms with E-state index in [0.29, 0.717) is 5.02 Å². The van der Waals surface area contributed by atoms with Crippen LogP contribution < -0.4 is 9.64 Å². The SMILES string of the molecule is CC1(C)c2ccccc2N2c3c1ccc(Cl)c3Oc1ccc3ccccc3c12. The summed E-state index contributed by atoms with van der Waals surface area (Å²) in [7, 11) is 0. The second kappa shape index (κ2) is 5.30. The van der Waals surface area contributed by atoms with Crippen LogP contribution in [0.3, 0.4) is 0 Å². The third-order valence-corrected chi connectivity index (χ3v) is 6.40. The third-order valence-electron chi connectivity index (χ3n) is 6.10. The fourth-order valence-corrected chi connectivity index (χ4v) is 4.91. The van der Waals surface area contributed by atoms with Gasteiger partial charge >= 0.3 is 0 Å². The monoisotopic (exact) mass is 383 g/mol. The Morgan fingerprint density at radius 3 is 2.46 bits per heavy atom. The molecule has 0 N–H and O–H groups in total. The lowest BCUT2D eigenvalue weighted by Crippen LogP contribution is -2.32. The number of nitrogens with zero attached hydrogens (tertiary/aromatic N) is 1. The maximum absolute atomic E-state index is 6.61. The molecule has 0 saturated carbocycles. The Hall–Kier alpha value is -2.97. The van der Waals surface area contributed by atoms with Crippen LogP contribution >= 0.6 is 11.6 Å². The van der Waals surface area contributed by atoms with Crippen molar-refractivity contribution in [2.24, 2.45) is 0 Å². The quantitative estimate of drug-likeness (QED) is 0.271. The Bertz CT molecular complexity index is 1290. The molecule has 2 aliphatic rings. The van der Waals surface area contributed by atoms with Gasteiger partial charge in [0.15, 0.2) is 11.5 Å². The van der Waals surface area contributed by atoms with E-state index < -0.39 is 0 Å². The zero-order chi connectivity index (χ0) is 19.0. The zero-order valence-corrected chi connectivity index (χ0v) is 16.4. The van der Waals surface area contributed by atoms with Crippen molar-refractivity contribution >= 4 is 39.4 Å². The number of hydrogen-bond donors (Lipinski definition) is 0. The van der Waals surface area contributed by atoms with Crippen molar-refractivity contribution in [1.29, 1.82) is 0 Å². The average molecular weight is 384 g/mol. The largest absolute Gasteiger partial charge is 0.451 e. The number of benzene rings is 4. The molecule has 3 heteroatoms. The molecule has 0 atom stereocenters.